The number of fused-ring (bicyclic) bond motifs is 2. The van der Waals surface area contributed by atoms with Gasteiger partial charge < -0.3 is 14.6 Å². The van der Waals surface area contributed by atoms with Crippen molar-refractivity contribution < 1.29 is 13.9 Å². The van der Waals surface area contributed by atoms with Gasteiger partial charge in [-0.05, 0) is 55.7 Å². The third-order valence-corrected chi connectivity index (χ3v) is 6.17. The number of nitrogens with zero attached hydrogens (tertiary/aromatic N) is 2. The fraction of sp³-hybridized carbons (Fsp3) is 0.333. The molecule has 5 rings (SSSR count). The van der Waals surface area contributed by atoms with Gasteiger partial charge in [-0.15, -0.1) is 0 Å². The van der Waals surface area contributed by atoms with Crippen LogP contribution < -0.4 is 10.1 Å². The Labute approximate surface area is 174 Å². The van der Waals surface area contributed by atoms with E-state index in [2.05, 4.69) is 33.9 Å². The average molecular weight is 405 g/mol. The second kappa shape index (κ2) is 7.59. The molecule has 1 N–H and O–H groups in total. The fourth-order valence-corrected chi connectivity index (χ4v) is 4.70. The number of amides is 1. The van der Waals surface area contributed by atoms with Gasteiger partial charge >= 0.3 is 0 Å². The molecule has 30 heavy (non-hydrogen) atoms. The predicted molar refractivity (Wildman–Crippen MR) is 112 cm³/mol. The summed E-state index contributed by atoms with van der Waals surface area (Å²) >= 11 is 0. The Balaban J connectivity index is 1.26. The van der Waals surface area contributed by atoms with E-state index in [4.69, 9.17) is 4.74 Å². The summed E-state index contributed by atoms with van der Waals surface area (Å²) in [5.74, 6) is 0.480. The maximum Gasteiger partial charge on any atom is 0.225 e. The summed E-state index contributed by atoms with van der Waals surface area (Å²) in [4.78, 5) is 17.0. The van der Waals surface area contributed by atoms with Crippen molar-refractivity contribution >= 4 is 11.6 Å². The van der Waals surface area contributed by atoms with Crippen LogP contribution in [-0.2, 0) is 11.3 Å². The summed E-state index contributed by atoms with van der Waals surface area (Å²) in [6.45, 7) is 3.49. The van der Waals surface area contributed by atoms with Gasteiger partial charge in [-0.2, -0.15) is 0 Å². The molecule has 3 heterocycles. The van der Waals surface area contributed by atoms with Crippen molar-refractivity contribution in [3.8, 4) is 5.75 Å². The lowest BCUT2D eigenvalue weighted by Gasteiger charge is -2.25. The number of rotatable bonds is 4. The Hall–Kier alpha value is -3.15. The highest BCUT2D eigenvalue weighted by Gasteiger charge is 2.27. The molecule has 6 heteroatoms. The molecular formula is C24H24FN3O2. The number of benzene rings is 2. The maximum absolute atomic E-state index is 13.5. The Kier molecular flexibility index (Phi) is 4.77. The molecule has 1 aromatic heterocycles. The van der Waals surface area contributed by atoms with E-state index in [1.54, 1.807) is 6.07 Å². The molecule has 0 aliphatic carbocycles. The smallest absolute Gasteiger partial charge is 0.225 e. The number of nitrogens with one attached hydrogen (secondary N) is 1. The molecule has 0 saturated carbocycles. The highest BCUT2D eigenvalue weighted by atomic mass is 19.1. The van der Waals surface area contributed by atoms with Crippen molar-refractivity contribution in [3.63, 3.8) is 0 Å². The van der Waals surface area contributed by atoms with Crippen LogP contribution in [0.2, 0.25) is 0 Å². The van der Waals surface area contributed by atoms with E-state index in [9.17, 15) is 9.18 Å². The van der Waals surface area contributed by atoms with E-state index < -0.39 is 0 Å². The van der Waals surface area contributed by atoms with Gasteiger partial charge in [0.25, 0.3) is 0 Å². The number of halogens is 1. The average Bonchev–Trinajstić information content (AvgIpc) is 3.32. The number of hydrogen-bond acceptors (Lipinski definition) is 3. The fourth-order valence-electron chi connectivity index (χ4n) is 4.70. The molecule has 0 fully saturated rings. The Morgan fingerprint density at radius 3 is 2.93 bits per heavy atom. The summed E-state index contributed by atoms with van der Waals surface area (Å²) in [6, 6.07) is 12.6. The van der Waals surface area contributed by atoms with Gasteiger partial charge in [0.2, 0.25) is 5.91 Å². The molecule has 0 saturated heterocycles. The standard InChI is InChI=1S/C24H24FN3O2/c1-15-24-20(3-2-10-28(24)14-26-15)16-4-7-19(8-5-16)27-23(29)11-17-13-30-22-9-6-18(25)12-21(17)22/h4-9,12,14,17,20H,2-3,10-11,13H2,1H3,(H,27,29)/t17-,20+/m1/s1. The zero-order valence-electron chi connectivity index (χ0n) is 16.9. The maximum atomic E-state index is 13.5. The van der Waals surface area contributed by atoms with Gasteiger partial charge in [-0.3, -0.25) is 4.79 Å². The molecule has 2 aromatic carbocycles. The van der Waals surface area contributed by atoms with Crippen LogP contribution in [0.4, 0.5) is 10.1 Å². The van der Waals surface area contributed by atoms with Gasteiger partial charge in [0, 0.05) is 41.7 Å². The minimum absolute atomic E-state index is 0.0972. The molecule has 0 radical (unpaired) electrons. The molecule has 154 valence electrons. The summed E-state index contributed by atoms with van der Waals surface area (Å²) in [7, 11) is 0. The zero-order valence-corrected chi connectivity index (χ0v) is 16.9. The Morgan fingerprint density at radius 1 is 1.27 bits per heavy atom. The summed E-state index contributed by atoms with van der Waals surface area (Å²) in [5, 5.41) is 2.96. The second-order valence-electron chi connectivity index (χ2n) is 8.17. The largest absolute Gasteiger partial charge is 0.493 e. The molecule has 2 aliphatic rings. The first-order chi connectivity index (χ1) is 14.6. The number of ether oxygens (including phenoxy) is 1. The first-order valence-electron chi connectivity index (χ1n) is 10.4. The Morgan fingerprint density at radius 2 is 2.10 bits per heavy atom. The van der Waals surface area contributed by atoms with Gasteiger partial charge in [0.05, 0.1) is 18.6 Å². The monoisotopic (exact) mass is 405 g/mol. The van der Waals surface area contributed by atoms with Gasteiger partial charge in [-0.1, -0.05) is 12.1 Å². The number of aromatic nitrogens is 2. The number of carbonyl (C=O) groups excluding carboxylic acids is 1. The van der Waals surface area contributed by atoms with Crippen molar-refractivity contribution in [3.05, 3.63) is 77.1 Å². The van der Waals surface area contributed by atoms with Gasteiger partial charge in [0.1, 0.15) is 11.6 Å². The molecule has 2 aliphatic heterocycles. The van der Waals surface area contributed by atoms with Crippen molar-refractivity contribution in [2.24, 2.45) is 0 Å². The molecule has 0 unspecified atom stereocenters. The van der Waals surface area contributed by atoms with Crippen LogP contribution in [0.15, 0.2) is 48.8 Å². The van der Waals surface area contributed by atoms with E-state index in [0.29, 0.717) is 18.3 Å². The highest BCUT2D eigenvalue weighted by molar-refractivity contribution is 5.91. The third-order valence-electron chi connectivity index (χ3n) is 6.17. The van der Waals surface area contributed by atoms with Crippen LogP contribution in [0.25, 0.3) is 0 Å². The van der Waals surface area contributed by atoms with Crippen molar-refractivity contribution in [2.75, 3.05) is 11.9 Å². The van der Waals surface area contributed by atoms with Crippen LogP contribution in [0.1, 0.15) is 53.6 Å². The van der Waals surface area contributed by atoms with Gasteiger partial charge in [0.15, 0.2) is 0 Å². The van der Waals surface area contributed by atoms with E-state index in [1.807, 2.05) is 18.5 Å². The van der Waals surface area contributed by atoms with Crippen LogP contribution >= 0.6 is 0 Å². The van der Waals surface area contributed by atoms with Crippen LogP contribution in [0.3, 0.4) is 0 Å². The van der Waals surface area contributed by atoms with Crippen molar-refractivity contribution in [1.82, 2.24) is 9.55 Å². The topological polar surface area (TPSA) is 56.2 Å². The first kappa shape index (κ1) is 18.9. The molecule has 2 atom stereocenters. The highest BCUT2D eigenvalue weighted by Crippen LogP contribution is 2.37. The molecule has 3 aromatic rings. The SMILES string of the molecule is Cc1ncn2c1[C@H](c1ccc(NC(=O)C[C@@H]3COc4ccc(F)cc43)cc1)CCC2. The lowest BCUT2D eigenvalue weighted by Crippen LogP contribution is -2.17. The number of carbonyl (C=O) groups is 1. The summed E-state index contributed by atoms with van der Waals surface area (Å²) < 4.78 is 21.4. The summed E-state index contributed by atoms with van der Waals surface area (Å²) in [6.07, 6.45) is 4.44. The van der Waals surface area contributed by atoms with Crippen molar-refractivity contribution in [1.29, 1.82) is 0 Å². The number of imidazole rings is 1. The van der Waals surface area contributed by atoms with Crippen molar-refractivity contribution in [2.45, 2.75) is 44.6 Å². The lowest BCUT2D eigenvalue weighted by atomic mass is 9.87. The van der Waals surface area contributed by atoms with Crippen LogP contribution in [0.5, 0.6) is 5.75 Å². The first-order valence-corrected chi connectivity index (χ1v) is 10.4. The molecule has 1 amide bonds. The number of hydrogen-bond donors (Lipinski definition) is 1. The van der Waals surface area contributed by atoms with E-state index in [0.717, 1.165) is 36.3 Å². The summed E-state index contributed by atoms with van der Waals surface area (Å²) in [5.41, 5.74) is 5.16. The quantitative estimate of drug-likeness (QED) is 0.681. The number of anilines is 1. The van der Waals surface area contributed by atoms with E-state index in [1.165, 1.54) is 23.4 Å². The molecular weight excluding hydrogens is 381 g/mol. The normalized spacial score (nSPS) is 19.7. The second-order valence-corrected chi connectivity index (χ2v) is 8.17. The third kappa shape index (κ3) is 3.47. The lowest BCUT2D eigenvalue weighted by molar-refractivity contribution is -0.116. The number of aryl methyl sites for hydroxylation is 2. The predicted octanol–water partition coefficient (Wildman–Crippen LogP) is 4.76. The zero-order chi connectivity index (χ0) is 20.7. The van der Waals surface area contributed by atoms with Crippen LogP contribution in [-0.4, -0.2) is 22.1 Å². The minimum Gasteiger partial charge on any atom is -0.493 e. The molecule has 0 spiro atoms. The molecule has 5 nitrogen and oxygen atoms in total. The Bertz CT molecular complexity index is 1090. The minimum atomic E-state index is -0.306. The van der Waals surface area contributed by atoms with E-state index >= 15 is 0 Å². The molecule has 0 bridgehead atoms. The van der Waals surface area contributed by atoms with Crippen LogP contribution in [0, 0.1) is 12.7 Å². The van der Waals surface area contributed by atoms with E-state index in [-0.39, 0.29) is 24.1 Å². The van der Waals surface area contributed by atoms with Gasteiger partial charge in [-0.25, -0.2) is 9.37 Å².